The molecule has 0 aliphatic carbocycles. The van der Waals surface area contributed by atoms with Crippen molar-refractivity contribution in [1.29, 1.82) is 0 Å². The number of hydrogen-bond donors (Lipinski definition) is 9. The van der Waals surface area contributed by atoms with Gasteiger partial charge in [0.25, 0.3) is 0 Å². The van der Waals surface area contributed by atoms with Gasteiger partial charge in [0.15, 0.2) is 5.96 Å². The average Bonchev–Trinajstić information content (AvgIpc) is 3.46. The molecule has 14 heteroatoms. The summed E-state index contributed by atoms with van der Waals surface area (Å²) in [5.74, 6) is -2.31. The van der Waals surface area contributed by atoms with Gasteiger partial charge in [0.05, 0.1) is 0 Å². The van der Waals surface area contributed by atoms with E-state index in [4.69, 9.17) is 22.9 Å². The Labute approximate surface area is 284 Å². The Morgan fingerprint density at radius 1 is 0.796 bits per heavy atom. The van der Waals surface area contributed by atoms with Crippen LogP contribution in [0, 0.1) is 0 Å². The second kappa shape index (κ2) is 17.5. The number of phenols is 1. The van der Waals surface area contributed by atoms with Crippen molar-refractivity contribution in [3.8, 4) is 5.75 Å². The van der Waals surface area contributed by atoms with E-state index in [0.717, 1.165) is 21.9 Å². The molecule has 0 bridgehead atoms. The van der Waals surface area contributed by atoms with Crippen molar-refractivity contribution in [2.75, 3.05) is 13.1 Å². The van der Waals surface area contributed by atoms with E-state index in [9.17, 15) is 24.3 Å². The highest BCUT2D eigenvalue weighted by Crippen LogP contribution is 2.24. The Hall–Kier alpha value is -5.63. The molecule has 49 heavy (non-hydrogen) atoms. The first-order valence-corrected chi connectivity index (χ1v) is 16.3. The monoisotopic (exact) mass is 671 g/mol. The van der Waals surface area contributed by atoms with Crippen LogP contribution in [0.3, 0.4) is 0 Å². The molecule has 0 radical (unpaired) electrons. The van der Waals surface area contributed by atoms with Gasteiger partial charge in [-0.25, -0.2) is 0 Å². The highest BCUT2D eigenvalue weighted by molar-refractivity contribution is 5.95. The van der Waals surface area contributed by atoms with Crippen LogP contribution in [0.4, 0.5) is 0 Å². The van der Waals surface area contributed by atoms with Gasteiger partial charge >= 0.3 is 0 Å². The summed E-state index contributed by atoms with van der Waals surface area (Å²) in [5, 5.41) is 21.1. The first-order valence-electron chi connectivity index (χ1n) is 16.3. The van der Waals surface area contributed by atoms with E-state index in [-0.39, 0.29) is 43.3 Å². The number of aromatic nitrogens is 1. The van der Waals surface area contributed by atoms with Crippen molar-refractivity contribution in [2.24, 2.45) is 27.9 Å². The van der Waals surface area contributed by atoms with Crippen molar-refractivity contribution in [3.63, 3.8) is 0 Å². The highest BCUT2D eigenvalue weighted by Gasteiger charge is 2.30. The summed E-state index contributed by atoms with van der Waals surface area (Å²) < 4.78 is 0. The molecule has 4 rings (SSSR count). The topological polar surface area (TPSA) is 257 Å². The first kappa shape index (κ1) is 36.2. The maximum absolute atomic E-state index is 14.0. The van der Waals surface area contributed by atoms with Crippen molar-refractivity contribution >= 4 is 51.3 Å². The average molecular weight is 672 g/mol. The number of hydrogen-bond acceptors (Lipinski definition) is 7. The minimum absolute atomic E-state index is 0.0382. The smallest absolute Gasteiger partial charge is 0.243 e. The van der Waals surface area contributed by atoms with Crippen LogP contribution in [0.15, 0.2) is 71.9 Å². The number of nitrogens with two attached hydrogens (primary N) is 4. The van der Waals surface area contributed by atoms with E-state index >= 15 is 0 Å². The number of aromatic hydroxyl groups is 1. The molecule has 13 N–H and O–H groups in total. The van der Waals surface area contributed by atoms with E-state index in [1.807, 2.05) is 42.5 Å². The van der Waals surface area contributed by atoms with Gasteiger partial charge in [0, 0.05) is 42.9 Å². The standard InChI is InChI=1S/C35H45N9O5/c36-14-5-9-31(46)42-30(18-24-20-41-27-13-12-25(45)19-26(24)27)34(49)44-29(17-21-10-11-22-6-1-2-7-23(22)16-21)33(48)43-28(32(37)47)8-3-4-15-40-35(38)39/h1-2,6-7,10-13,16,19-20,28-30,41,45H,3-5,8-9,14-15,17-18,36H2,(H2,37,47)(H,42,46)(H,43,48)(H,44,49)(H4,38,39,40)/t28-,29-,30-/m0/s1. The van der Waals surface area contributed by atoms with Gasteiger partial charge in [0.1, 0.15) is 23.9 Å². The Balaban J connectivity index is 1.59. The van der Waals surface area contributed by atoms with Crippen LogP contribution in [0.1, 0.15) is 43.2 Å². The van der Waals surface area contributed by atoms with E-state index < -0.39 is 35.8 Å². The molecular formula is C35H45N9O5. The largest absolute Gasteiger partial charge is 0.508 e. The SMILES string of the molecule is NCCCC(=O)N[C@@H](Cc1c[nH]c2ccc(O)cc12)C(=O)N[C@@H](Cc1ccc2ccccc2c1)C(=O)N[C@@H](CCCCN=C(N)N)C(N)=O. The molecule has 0 saturated carbocycles. The number of aliphatic imine (C=N–C) groups is 1. The van der Waals surface area contributed by atoms with Crippen molar-refractivity contribution < 1.29 is 24.3 Å². The Kier molecular flexibility index (Phi) is 12.9. The molecular weight excluding hydrogens is 626 g/mol. The number of H-pyrrole nitrogens is 1. The minimum atomic E-state index is -1.13. The fourth-order valence-corrected chi connectivity index (χ4v) is 5.60. The summed E-state index contributed by atoms with van der Waals surface area (Å²) in [6, 6.07) is 15.1. The molecule has 0 saturated heterocycles. The zero-order chi connectivity index (χ0) is 35.3. The van der Waals surface area contributed by atoms with Crippen LogP contribution in [0.25, 0.3) is 21.7 Å². The lowest BCUT2D eigenvalue weighted by Crippen LogP contribution is -2.57. The molecule has 260 valence electrons. The number of carbonyl (C=O) groups is 4. The maximum atomic E-state index is 14.0. The molecule has 1 aromatic heterocycles. The van der Waals surface area contributed by atoms with E-state index in [1.165, 1.54) is 0 Å². The number of rotatable bonds is 18. The highest BCUT2D eigenvalue weighted by atomic mass is 16.3. The molecule has 4 amide bonds. The molecule has 0 spiro atoms. The first-order chi connectivity index (χ1) is 23.5. The zero-order valence-electron chi connectivity index (χ0n) is 27.3. The van der Waals surface area contributed by atoms with Gasteiger partial charge in [-0.1, -0.05) is 42.5 Å². The van der Waals surface area contributed by atoms with Gasteiger partial charge in [-0.3, -0.25) is 24.2 Å². The fraction of sp³-hybridized carbons (Fsp3) is 0.343. The third kappa shape index (κ3) is 10.7. The quantitative estimate of drug-likeness (QED) is 0.0417. The number of phenolic OH excluding ortho intramolecular Hbond substituents is 1. The minimum Gasteiger partial charge on any atom is -0.508 e. The van der Waals surface area contributed by atoms with Crippen LogP contribution >= 0.6 is 0 Å². The lowest BCUT2D eigenvalue weighted by molar-refractivity contribution is -0.133. The molecule has 1 heterocycles. The van der Waals surface area contributed by atoms with Crippen LogP contribution in [0.5, 0.6) is 5.75 Å². The molecule has 0 fully saturated rings. The van der Waals surface area contributed by atoms with Gasteiger partial charge in [0.2, 0.25) is 23.6 Å². The number of carbonyl (C=O) groups excluding carboxylic acids is 4. The predicted octanol–water partition coefficient (Wildman–Crippen LogP) is 0.934. The zero-order valence-corrected chi connectivity index (χ0v) is 27.3. The van der Waals surface area contributed by atoms with Gasteiger partial charge < -0.3 is 49.0 Å². The Bertz CT molecular complexity index is 1800. The van der Waals surface area contributed by atoms with Crippen molar-refractivity contribution in [3.05, 3.63) is 78.0 Å². The summed E-state index contributed by atoms with van der Waals surface area (Å²) in [4.78, 5) is 60.1. The number of aromatic amines is 1. The van der Waals surface area contributed by atoms with Crippen molar-refractivity contribution in [1.82, 2.24) is 20.9 Å². The number of benzene rings is 3. The van der Waals surface area contributed by atoms with Crippen LogP contribution in [-0.4, -0.2) is 70.9 Å². The summed E-state index contributed by atoms with van der Waals surface area (Å²) in [6.45, 7) is 0.659. The third-order valence-corrected chi connectivity index (χ3v) is 8.18. The molecule has 14 nitrogen and oxygen atoms in total. The second-order valence-electron chi connectivity index (χ2n) is 12.0. The summed E-state index contributed by atoms with van der Waals surface area (Å²) in [6.07, 6.45) is 3.70. The van der Waals surface area contributed by atoms with Crippen LogP contribution < -0.4 is 38.9 Å². The molecule has 0 aliphatic rings. The van der Waals surface area contributed by atoms with E-state index in [2.05, 4.69) is 25.9 Å². The number of nitrogens with one attached hydrogen (secondary N) is 4. The van der Waals surface area contributed by atoms with E-state index in [1.54, 1.807) is 24.4 Å². The molecule has 0 unspecified atom stereocenters. The number of primary amides is 1. The van der Waals surface area contributed by atoms with Crippen molar-refractivity contribution in [2.45, 2.75) is 63.1 Å². The predicted molar refractivity (Wildman–Crippen MR) is 189 cm³/mol. The van der Waals surface area contributed by atoms with Crippen LogP contribution in [-0.2, 0) is 32.0 Å². The summed E-state index contributed by atoms with van der Waals surface area (Å²) in [7, 11) is 0. The molecule has 3 aromatic carbocycles. The number of nitrogens with zero attached hydrogens (tertiary/aromatic N) is 1. The number of guanidine groups is 1. The summed E-state index contributed by atoms with van der Waals surface area (Å²) >= 11 is 0. The number of unbranched alkanes of at least 4 members (excludes halogenated alkanes) is 1. The molecule has 0 aliphatic heterocycles. The van der Waals surface area contributed by atoms with Gasteiger partial charge in [-0.05, 0) is 72.3 Å². The fourth-order valence-electron chi connectivity index (χ4n) is 5.60. The third-order valence-electron chi connectivity index (χ3n) is 8.18. The van der Waals surface area contributed by atoms with E-state index in [0.29, 0.717) is 43.3 Å². The lowest BCUT2D eigenvalue weighted by atomic mass is 9.99. The van der Waals surface area contributed by atoms with Gasteiger partial charge in [-0.15, -0.1) is 0 Å². The number of amides is 4. The Morgan fingerprint density at radius 2 is 1.51 bits per heavy atom. The molecule has 4 aromatic rings. The van der Waals surface area contributed by atoms with Gasteiger partial charge in [-0.2, -0.15) is 0 Å². The maximum Gasteiger partial charge on any atom is 0.243 e. The number of fused-ring (bicyclic) bond motifs is 2. The Morgan fingerprint density at radius 3 is 2.22 bits per heavy atom. The lowest BCUT2D eigenvalue weighted by Gasteiger charge is -2.25. The molecule has 3 atom stereocenters. The normalized spacial score (nSPS) is 12.9. The summed E-state index contributed by atoms with van der Waals surface area (Å²) in [5.41, 5.74) is 24.2. The second-order valence-corrected chi connectivity index (χ2v) is 12.0. The van der Waals surface area contributed by atoms with Crippen LogP contribution in [0.2, 0.25) is 0 Å².